The van der Waals surface area contributed by atoms with Gasteiger partial charge in [0.15, 0.2) is 0 Å². The van der Waals surface area contributed by atoms with E-state index < -0.39 is 0 Å². The van der Waals surface area contributed by atoms with Gasteiger partial charge >= 0.3 is 0 Å². The van der Waals surface area contributed by atoms with Crippen LogP contribution in [0.25, 0.3) is 11.3 Å². The first-order chi connectivity index (χ1) is 11.8. The molecule has 5 heteroatoms. The van der Waals surface area contributed by atoms with E-state index in [0.29, 0.717) is 0 Å². The van der Waals surface area contributed by atoms with E-state index in [1.54, 1.807) is 0 Å². The highest BCUT2D eigenvalue weighted by Crippen LogP contribution is 2.28. The quantitative estimate of drug-likeness (QED) is 0.740. The molecule has 124 valence electrons. The molecule has 5 nitrogen and oxygen atoms in total. The number of nitrogens with zero attached hydrogens (tertiary/aromatic N) is 5. The van der Waals surface area contributed by atoms with Crippen LogP contribution in [0.3, 0.4) is 0 Å². The van der Waals surface area contributed by atoms with Crippen molar-refractivity contribution in [1.82, 2.24) is 24.5 Å². The van der Waals surface area contributed by atoms with Gasteiger partial charge in [0.05, 0.1) is 17.9 Å². The van der Waals surface area contributed by atoms with Crippen molar-refractivity contribution < 1.29 is 0 Å². The molecule has 0 saturated heterocycles. The molecule has 0 N–H and O–H groups in total. The van der Waals surface area contributed by atoms with Gasteiger partial charge in [-0.15, -0.1) is 0 Å². The summed E-state index contributed by atoms with van der Waals surface area (Å²) >= 11 is 0. The van der Waals surface area contributed by atoms with E-state index in [-0.39, 0.29) is 0 Å². The minimum absolute atomic E-state index is 0.948. The van der Waals surface area contributed by atoms with Crippen molar-refractivity contribution in [1.29, 1.82) is 0 Å². The number of hydrogen-bond donors (Lipinski definition) is 0. The molecular formula is C19H23N5. The summed E-state index contributed by atoms with van der Waals surface area (Å²) < 4.78 is 4.06. The average Bonchev–Trinajstić information content (AvgIpc) is 3.18. The zero-order valence-electron chi connectivity index (χ0n) is 14.1. The Morgan fingerprint density at radius 3 is 2.62 bits per heavy atom. The van der Waals surface area contributed by atoms with Crippen molar-refractivity contribution in [2.75, 3.05) is 19.6 Å². The second kappa shape index (κ2) is 6.61. The lowest BCUT2D eigenvalue weighted by atomic mass is 10.0. The first kappa shape index (κ1) is 15.1. The Kier molecular flexibility index (Phi) is 4.17. The maximum Gasteiger partial charge on any atom is 0.0714 e. The topological polar surface area (TPSA) is 38.9 Å². The number of aryl methyl sites for hydroxylation is 1. The van der Waals surface area contributed by atoms with Crippen molar-refractivity contribution in [2.45, 2.75) is 19.4 Å². The number of fused-ring (bicyclic) bond motifs is 1. The van der Waals surface area contributed by atoms with E-state index in [4.69, 9.17) is 5.10 Å². The summed E-state index contributed by atoms with van der Waals surface area (Å²) in [7, 11) is 2.06. The predicted molar refractivity (Wildman–Crippen MR) is 94.7 cm³/mol. The zero-order valence-corrected chi connectivity index (χ0v) is 14.1. The minimum atomic E-state index is 0.948. The molecule has 1 aromatic carbocycles. The fourth-order valence-electron chi connectivity index (χ4n) is 3.59. The fourth-order valence-corrected chi connectivity index (χ4v) is 3.59. The fraction of sp³-hybridized carbons (Fsp3) is 0.368. The molecule has 0 saturated carbocycles. The van der Waals surface area contributed by atoms with Gasteiger partial charge in [-0.1, -0.05) is 30.3 Å². The van der Waals surface area contributed by atoms with Gasteiger partial charge in [0, 0.05) is 56.6 Å². The smallest absolute Gasteiger partial charge is 0.0714 e. The van der Waals surface area contributed by atoms with Crippen LogP contribution in [0, 0.1) is 0 Å². The summed E-state index contributed by atoms with van der Waals surface area (Å²) in [4.78, 5) is 2.53. The van der Waals surface area contributed by atoms with E-state index in [0.717, 1.165) is 39.0 Å². The highest BCUT2D eigenvalue weighted by Gasteiger charge is 2.21. The number of hydrogen-bond acceptors (Lipinski definition) is 3. The SMILES string of the molecule is Cn1nc2c(c1-c1ccccc1)CCN(CCn1cccn1)CC2. The van der Waals surface area contributed by atoms with Crippen molar-refractivity contribution in [2.24, 2.45) is 7.05 Å². The summed E-state index contributed by atoms with van der Waals surface area (Å²) in [5.41, 5.74) is 5.22. The van der Waals surface area contributed by atoms with Crippen LogP contribution in [0.5, 0.6) is 0 Å². The largest absolute Gasteiger partial charge is 0.301 e. The van der Waals surface area contributed by atoms with Gasteiger partial charge in [0.25, 0.3) is 0 Å². The van der Waals surface area contributed by atoms with Crippen LogP contribution in [0.15, 0.2) is 48.8 Å². The molecule has 24 heavy (non-hydrogen) atoms. The summed E-state index contributed by atoms with van der Waals surface area (Å²) in [5.74, 6) is 0. The Morgan fingerprint density at radius 2 is 1.83 bits per heavy atom. The van der Waals surface area contributed by atoms with Gasteiger partial charge in [-0.3, -0.25) is 9.36 Å². The first-order valence-electron chi connectivity index (χ1n) is 8.61. The van der Waals surface area contributed by atoms with Gasteiger partial charge in [-0.05, 0) is 12.5 Å². The minimum Gasteiger partial charge on any atom is -0.301 e. The van der Waals surface area contributed by atoms with Crippen LogP contribution in [-0.2, 0) is 26.4 Å². The molecule has 0 bridgehead atoms. The third-order valence-electron chi connectivity index (χ3n) is 4.82. The van der Waals surface area contributed by atoms with Crippen LogP contribution in [0.1, 0.15) is 11.3 Å². The molecule has 1 aliphatic heterocycles. The van der Waals surface area contributed by atoms with Crippen molar-refractivity contribution in [3.05, 3.63) is 60.0 Å². The number of rotatable bonds is 4. The van der Waals surface area contributed by atoms with Crippen LogP contribution in [0.2, 0.25) is 0 Å². The molecule has 3 aromatic rings. The van der Waals surface area contributed by atoms with Crippen LogP contribution in [-0.4, -0.2) is 44.1 Å². The molecule has 4 rings (SSSR count). The Labute approximate surface area is 142 Å². The highest BCUT2D eigenvalue weighted by molar-refractivity contribution is 5.64. The van der Waals surface area contributed by atoms with Crippen LogP contribution in [0.4, 0.5) is 0 Å². The normalized spacial score (nSPS) is 15.2. The summed E-state index contributed by atoms with van der Waals surface area (Å²) in [6, 6.07) is 12.6. The standard InChI is InChI=1S/C19H23N5/c1-22-19(16-6-3-2-4-7-16)17-8-12-23(13-9-18(17)21-22)14-15-24-11-5-10-20-24/h2-7,10-11H,8-9,12-15H2,1H3. The number of aromatic nitrogens is 4. The lowest BCUT2D eigenvalue weighted by Gasteiger charge is -2.19. The molecule has 0 spiro atoms. The maximum atomic E-state index is 4.80. The van der Waals surface area contributed by atoms with Gasteiger partial charge in [-0.25, -0.2) is 0 Å². The third kappa shape index (κ3) is 2.99. The highest BCUT2D eigenvalue weighted by atomic mass is 15.3. The van der Waals surface area contributed by atoms with Gasteiger partial charge in [-0.2, -0.15) is 10.2 Å². The zero-order chi connectivity index (χ0) is 16.4. The molecule has 0 amide bonds. The lowest BCUT2D eigenvalue weighted by Crippen LogP contribution is -2.30. The molecule has 0 aliphatic carbocycles. The molecule has 0 radical (unpaired) electrons. The second-order valence-corrected chi connectivity index (χ2v) is 6.37. The Hall–Kier alpha value is -2.40. The van der Waals surface area contributed by atoms with Crippen molar-refractivity contribution in [3.63, 3.8) is 0 Å². The molecule has 1 aliphatic rings. The molecule has 2 aromatic heterocycles. The molecule has 3 heterocycles. The summed E-state index contributed by atoms with van der Waals surface area (Å²) in [5, 5.41) is 9.10. The maximum absolute atomic E-state index is 4.80. The molecule has 0 unspecified atom stereocenters. The monoisotopic (exact) mass is 321 g/mol. The summed E-state index contributed by atoms with van der Waals surface area (Å²) in [6.45, 7) is 4.14. The Morgan fingerprint density at radius 1 is 1.00 bits per heavy atom. The predicted octanol–water partition coefficient (Wildman–Crippen LogP) is 2.38. The first-order valence-corrected chi connectivity index (χ1v) is 8.61. The van der Waals surface area contributed by atoms with Crippen LogP contribution < -0.4 is 0 Å². The van der Waals surface area contributed by atoms with Crippen LogP contribution >= 0.6 is 0 Å². The van der Waals surface area contributed by atoms with Gasteiger partial charge < -0.3 is 4.90 Å². The Bertz CT molecular complexity index is 789. The van der Waals surface area contributed by atoms with Crippen molar-refractivity contribution in [3.8, 4) is 11.3 Å². The number of benzene rings is 1. The Balaban J connectivity index is 1.50. The van der Waals surface area contributed by atoms with E-state index in [1.807, 2.05) is 23.1 Å². The lowest BCUT2D eigenvalue weighted by molar-refractivity contribution is 0.270. The van der Waals surface area contributed by atoms with E-state index >= 15 is 0 Å². The molecule has 0 fully saturated rings. The van der Waals surface area contributed by atoms with Crippen molar-refractivity contribution >= 4 is 0 Å². The van der Waals surface area contributed by atoms with E-state index in [2.05, 4.69) is 52.1 Å². The third-order valence-corrected chi connectivity index (χ3v) is 4.82. The second-order valence-electron chi connectivity index (χ2n) is 6.37. The average molecular weight is 321 g/mol. The van der Waals surface area contributed by atoms with E-state index in [1.165, 1.54) is 22.5 Å². The van der Waals surface area contributed by atoms with E-state index in [9.17, 15) is 0 Å². The molecular weight excluding hydrogens is 298 g/mol. The van der Waals surface area contributed by atoms with Gasteiger partial charge in [0.1, 0.15) is 0 Å². The summed E-state index contributed by atoms with van der Waals surface area (Å²) in [6.07, 6.45) is 5.96. The van der Waals surface area contributed by atoms with Gasteiger partial charge in [0.2, 0.25) is 0 Å². The molecule has 0 atom stereocenters.